The van der Waals surface area contributed by atoms with Crippen molar-refractivity contribution in [3.05, 3.63) is 48.6 Å². The molecule has 5 heteroatoms. The zero-order valence-corrected chi connectivity index (χ0v) is 32.2. The predicted molar refractivity (Wildman–Crippen MR) is 207 cm³/mol. The second-order valence-electron chi connectivity index (χ2n) is 13.9. The van der Waals surface area contributed by atoms with Gasteiger partial charge in [-0.05, 0) is 116 Å². The summed E-state index contributed by atoms with van der Waals surface area (Å²) in [5.41, 5.74) is 0. The minimum atomic E-state index is -0.377. The number of esters is 2. The van der Waals surface area contributed by atoms with E-state index in [2.05, 4.69) is 74.3 Å². The number of unbranched alkanes of at least 4 members (excludes halogenated alkanes) is 13. The van der Waals surface area contributed by atoms with Crippen LogP contribution in [0.1, 0.15) is 175 Å². The summed E-state index contributed by atoms with van der Waals surface area (Å²) in [5.74, 6) is 0.392. The number of ether oxygens (including phenoxy) is 2. The van der Waals surface area contributed by atoms with Crippen LogP contribution in [-0.4, -0.2) is 50.2 Å². The van der Waals surface area contributed by atoms with E-state index in [-0.39, 0.29) is 24.6 Å². The Morgan fingerprint density at radius 3 is 1.58 bits per heavy atom. The van der Waals surface area contributed by atoms with Crippen LogP contribution >= 0.6 is 0 Å². The first-order valence-corrected chi connectivity index (χ1v) is 20.0. The summed E-state index contributed by atoms with van der Waals surface area (Å²) in [6, 6.07) is 0. The Labute approximate surface area is 298 Å². The summed E-state index contributed by atoms with van der Waals surface area (Å²) in [5, 5.41) is 0. The first kappa shape index (κ1) is 45.9. The second-order valence-corrected chi connectivity index (χ2v) is 13.9. The maximum absolute atomic E-state index is 12.5. The molecule has 0 bridgehead atoms. The van der Waals surface area contributed by atoms with Crippen molar-refractivity contribution in [2.75, 3.05) is 27.2 Å². The maximum Gasteiger partial charge on any atom is 0.306 e. The third kappa shape index (κ3) is 35.2. The molecule has 0 saturated heterocycles. The molecule has 0 spiro atoms. The van der Waals surface area contributed by atoms with Gasteiger partial charge < -0.3 is 14.4 Å². The van der Waals surface area contributed by atoms with Gasteiger partial charge in [-0.2, -0.15) is 0 Å². The Balaban J connectivity index is 3.94. The maximum atomic E-state index is 12.5. The van der Waals surface area contributed by atoms with Gasteiger partial charge in [0, 0.05) is 25.8 Å². The van der Waals surface area contributed by atoms with Gasteiger partial charge >= 0.3 is 11.9 Å². The number of hydrogen-bond acceptors (Lipinski definition) is 5. The molecule has 5 nitrogen and oxygen atoms in total. The van der Waals surface area contributed by atoms with Gasteiger partial charge in [-0.15, -0.1) is 0 Å². The summed E-state index contributed by atoms with van der Waals surface area (Å²) in [4.78, 5) is 27.0. The molecule has 1 unspecified atom stereocenters. The van der Waals surface area contributed by atoms with Crippen molar-refractivity contribution in [1.29, 1.82) is 0 Å². The van der Waals surface area contributed by atoms with Gasteiger partial charge in [-0.25, -0.2) is 0 Å². The quantitative estimate of drug-likeness (QED) is 0.0387. The van der Waals surface area contributed by atoms with E-state index in [9.17, 15) is 9.59 Å². The van der Waals surface area contributed by atoms with Crippen LogP contribution in [0.3, 0.4) is 0 Å². The van der Waals surface area contributed by atoms with E-state index in [1.165, 1.54) is 70.6 Å². The number of nitrogens with zero attached hydrogens (tertiary/aromatic N) is 1. The van der Waals surface area contributed by atoms with Crippen molar-refractivity contribution in [2.24, 2.45) is 5.92 Å². The van der Waals surface area contributed by atoms with E-state index in [1.54, 1.807) is 0 Å². The lowest BCUT2D eigenvalue weighted by atomic mass is 10.0. The molecular formula is C43H77NO4. The largest absolute Gasteiger partial charge is 0.462 e. The fourth-order valence-corrected chi connectivity index (χ4v) is 5.48. The molecule has 2 atom stereocenters. The monoisotopic (exact) mass is 672 g/mol. The highest BCUT2D eigenvalue weighted by molar-refractivity contribution is 5.70. The Morgan fingerprint density at radius 1 is 0.562 bits per heavy atom. The average Bonchev–Trinajstić information content (AvgIpc) is 3.06. The highest BCUT2D eigenvalue weighted by Crippen LogP contribution is 2.14. The van der Waals surface area contributed by atoms with Crippen LogP contribution in [0.5, 0.6) is 0 Å². The highest BCUT2D eigenvalue weighted by atomic mass is 16.6. The first-order chi connectivity index (χ1) is 23.4. The van der Waals surface area contributed by atoms with E-state index >= 15 is 0 Å². The zero-order chi connectivity index (χ0) is 35.3. The molecule has 0 aromatic rings. The molecule has 0 aliphatic carbocycles. The average molecular weight is 672 g/mol. The minimum absolute atomic E-state index is 0.155. The summed E-state index contributed by atoms with van der Waals surface area (Å²) in [6.45, 7) is 7.64. The zero-order valence-electron chi connectivity index (χ0n) is 32.2. The second kappa shape index (κ2) is 36.1. The summed E-state index contributed by atoms with van der Waals surface area (Å²) in [6.07, 6.45) is 43.7. The van der Waals surface area contributed by atoms with Crippen LogP contribution in [0.25, 0.3) is 0 Å². The fraction of sp³-hybridized carbons (Fsp3) is 0.767. The van der Waals surface area contributed by atoms with Crippen LogP contribution < -0.4 is 0 Å². The van der Waals surface area contributed by atoms with Crippen molar-refractivity contribution in [3.63, 3.8) is 0 Å². The fourth-order valence-electron chi connectivity index (χ4n) is 5.48. The predicted octanol–water partition coefficient (Wildman–Crippen LogP) is 12.3. The van der Waals surface area contributed by atoms with Crippen LogP contribution in [0, 0.1) is 5.92 Å². The molecule has 0 amide bonds. The van der Waals surface area contributed by atoms with Gasteiger partial charge in [0.15, 0.2) is 0 Å². The van der Waals surface area contributed by atoms with E-state index in [4.69, 9.17) is 9.47 Å². The lowest BCUT2D eigenvalue weighted by molar-refractivity contribution is -0.159. The van der Waals surface area contributed by atoms with Crippen LogP contribution in [0.2, 0.25) is 0 Å². The van der Waals surface area contributed by atoms with Crippen molar-refractivity contribution in [3.8, 4) is 0 Å². The lowest BCUT2D eigenvalue weighted by Gasteiger charge is -2.20. The SMILES string of the molecule is CC/C=C\CCCC/C=C\CCCCCCCC(=O)O[C@@H](CCN(C)C)COC(=O)CCCCCCC/C=C\CC(C)CC/C=C\CC. The molecule has 0 rings (SSSR count). The van der Waals surface area contributed by atoms with E-state index in [1.807, 2.05) is 14.1 Å². The van der Waals surface area contributed by atoms with Gasteiger partial charge in [-0.1, -0.05) is 108 Å². The topological polar surface area (TPSA) is 55.8 Å². The molecule has 0 aromatic heterocycles. The molecule has 278 valence electrons. The molecule has 0 saturated carbocycles. The Morgan fingerprint density at radius 2 is 1.02 bits per heavy atom. The smallest absolute Gasteiger partial charge is 0.306 e. The molecule has 48 heavy (non-hydrogen) atoms. The van der Waals surface area contributed by atoms with Gasteiger partial charge in [0.1, 0.15) is 12.7 Å². The number of carbonyl (C=O) groups is 2. The molecule has 0 radical (unpaired) electrons. The number of rotatable bonds is 34. The lowest BCUT2D eigenvalue weighted by Crippen LogP contribution is -2.29. The first-order valence-electron chi connectivity index (χ1n) is 20.0. The Bertz CT molecular complexity index is 844. The minimum Gasteiger partial charge on any atom is -0.462 e. The van der Waals surface area contributed by atoms with Gasteiger partial charge in [0.05, 0.1) is 0 Å². The summed E-state index contributed by atoms with van der Waals surface area (Å²) >= 11 is 0. The molecule has 0 fully saturated rings. The van der Waals surface area contributed by atoms with Crippen molar-refractivity contribution < 1.29 is 19.1 Å². The van der Waals surface area contributed by atoms with Crippen molar-refractivity contribution >= 4 is 11.9 Å². The Kier molecular flexibility index (Phi) is 34.5. The van der Waals surface area contributed by atoms with E-state index in [0.29, 0.717) is 19.3 Å². The van der Waals surface area contributed by atoms with Gasteiger partial charge in [0.2, 0.25) is 0 Å². The highest BCUT2D eigenvalue weighted by Gasteiger charge is 2.17. The third-order valence-electron chi connectivity index (χ3n) is 8.62. The molecule has 0 aliphatic rings. The van der Waals surface area contributed by atoms with Crippen molar-refractivity contribution in [2.45, 2.75) is 181 Å². The summed E-state index contributed by atoms with van der Waals surface area (Å²) < 4.78 is 11.3. The van der Waals surface area contributed by atoms with Crippen molar-refractivity contribution in [1.82, 2.24) is 4.90 Å². The normalized spacial score (nSPS) is 13.5. The molecule has 0 aliphatic heterocycles. The van der Waals surface area contributed by atoms with Crippen LogP contribution in [-0.2, 0) is 19.1 Å². The molecular weight excluding hydrogens is 594 g/mol. The number of allylic oxidation sites excluding steroid dienone is 8. The van der Waals surface area contributed by atoms with E-state index < -0.39 is 0 Å². The molecule has 0 heterocycles. The number of hydrogen-bond donors (Lipinski definition) is 0. The number of carbonyl (C=O) groups excluding carboxylic acids is 2. The molecule has 0 aromatic carbocycles. The third-order valence-corrected chi connectivity index (χ3v) is 8.62. The standard InChI is InChI=1S/C43H77NO4/c1-6-8-10-12-13-14-15-16-17-18-19-20-25-28-32-36-43(46)48-41(37-38-44(4)5)39-47-42(45)35-31-27-24-22-21-23-26-30-34-40(3)33-29-11-9-7-2/h8-11,16-17,26,30,40-41H,6-7,12-15,18-25,27-29,31-39H2,1-5H3/b10-8-,11-9-,17-16-,30-26-/t40?,41-/m0/s1. The summed E-state index contributed by atoms with van der Waals surface area (Å²) in [7, 11) is 4.00. The molecule has 0 N–H and O–H groups in total. The Hall–Kier alpha value is -2.14. The van der Waals surface area contributed by atoms with Crippen LogP contribution in [0.15, 0.2) is 48.6 Å². The van der Waals surface area contributed by atoms with Gasteiger partial charge in [0.25, 0.3) is 0 Å². The van der Waals surface area contributed by atoms with Crippen LogP contribution in [0.4, 0.5) is 0 Å². The van der Waals surface area contributed by atoms with Gasteiger partial charge in [-0.3, -0.25) is 9.59 Å². The van der Waals surface area contributed by atoms with E-state index in [0.717, 1.165) is 76.7 Å².